The third kappa shape index (κ3) is 4.82. The Balaban J connectivity index is 2.21. The Hall–Kier alpha value is -1.63. The summed E-state index contributed by atoms with van der Waals surface area (Å²) in [6.07, 6.45) is 0.627. The van der Waals surface area contributed by atoms with Gasteiger partial charge in [-0.1, -0.05) is 58.4 Å². The van der Waals surface area contributed by atoms with Crippen LogP contribution in [0.5, 0.6) is 0 Å². The lowest BCUT2D eigenvalue weighted by molar-refractivity contribution is -0.158. The van der Waals surface area contributed by atoms with Gasteiger partial charge < -0.3 is 20.4 Å². The van der Waals surface area contributed by atoms with Gasteiger partial charge in [-0.2, -0.15) is 0 Å². The van der Waals surface area contributed by atoms with Gasteiger partial charge in [-0.3, -0.25) is 9.59 Å². The maximum Gasteiger partial charge on any atom is 0.252 e. The molecule has 0 bridgehead atoms. The van der Waals surface area contributed by atoms with E-state index in [9.17, 15) is 19.8 Å². The summed E-state index contributed by atoms with van der Waals surface area (Å²) in [6, 6.07) is 6.42. The molecule has 0 aliphatic carbocycles. The first kappa shape index (κ1) is 24.6. The molecule has 1 saturated heterocycles. The van der Waals surface area contributed by atoms with Crippen molar-refractivity contribution in [2.45, 2.75) is 71.6 Å². The highest BCUT2D eigenvalue weighted by atomic mass is 35.5. The van der Waals surface area contributed by atoms with E-state index < -0.39 is 28.6 Å². The molecule has 1 fully saturated rings. The van der Waals surface area contributed by atoms with Crippen molar-refractivity contribution in [1.29, 1.82) is 0 Å². The van der Waals surface area contributed by atoms with Crippen molar-refractivity contribution in [3.63, 3.8) is 0 Å². The number of halogens is 1. The van der Waals surface area contributed by atoms with Crippen LogP contribution in [0.15, 0.2) is 24.3 Å². The lowest BCUT2D eigenvalue weighted by Crippen LogP contribution is -2.61. The Morgan fingerprint density at radius 2 is 1.83 bits per heavy atom. The first-order valence-corrected chi connectivity index (χ1v) is 10.9. The van der Waals surface area contributed by atoms with Gasteiger partial charge in [-0.05, 0) is 43.4 Å². The maximum absolute atomic E-state index is 13.3. The van der Waals surface area contributed by atoms with Crippen LogP contribution in [0.4, 0.5) is 0 Å². The van der Waals surface area contributed by atoms with E-state index >= 15 is 0 Å². The average Bonchev–Trinajstić information content (AvgIpc) is 2.67. The zero-order valence-electron chi connectivity index (χ0n) is 18.8. The van der Waals surface area contributed by atoms with Crippen LogP contribution >= 0.6 is 11.6 Å². The summed E-state index contributed by atoms with van der Waals surface area (Å²) in [5.74, 6) is -0.892. The van der Waals surface area contributed by atoms with Gasteiger partial charge in [0.2, 0.25) is 5.91 Å². The number of likely N-dealkylation sites (tertiary alicyclic amines) is 1. The predicted molar refractivity (Wildman–Crippen MR) is 118 cm³/mol. The number of nitrogens with one attached hydrogen (secondary N) is 1. The van der Waals surface area contributed by atoms with Gasteiger partial charge >= 0.3 is 0 Å². The molecule has 2 amide bonds. The first-order valence-electron chi connectivity index (χ1n) is 10.6. The van der Waals surface area contributed by atoms with E-state index in [2.05, 4.69) is 5.32 Å². The van der Waals surface area contributed by atoms with Gasteiger partial charge in [-0.25, -0.2) is 0 Å². The van der Waals surface area contributed by atoms with Gasteiger partial charge in [0, 0.05) is 23.5 Å². The van der Waals surface area contributed by atoms with Gasteiger partial charge in [0.15, 0.2) is 0 Å². The zero-order valence-corrected chi connectivity index (χ0v) is 19.6. The molecule has 1 unspecified atom stereocenters. The lowest BCUT2D eigenvalue weighted by Gasteiger charge is -2.51. The Labute approximate surface area is 184 Å². The average molecular weight is 439 g/mol. The number of carbonyl (C=O) groups excluding carboxylic acids is 2. The molecule has 3 N–H and O–H groups in total. The Morgan fingerprint density at radius 1 is 1.27 bits per heavy atom. The second kappa shape index (κ2) is 8.85. The minimum absolute atomic E-state index is 0.144. The Bertz CT molecular complexity index is 776. The highest BCUT2D eigenvalue weighted by Crippen LogP contribution is 2.46. The van der Waals surface area contributed by atoms with E-state index in [4.69, 9.17) is 11.6 Å². The Kier molecular flexibility index (Phi) is 7.27. The van der Waals surface area contributed by atoms with Gasteiger partial charge in [0.1, 0.15) is 11.6 Å². The van der Waals surface area contributed by atoms with Crippen LogP contribution in [-0.4, -0.2) is 51.7 Å². The molecule has 6 nitrogen and oxygen atoms in total. The molecule has 0 aromatic heterocycles. The molecule has 168 valence electrons. The van der Waals surface area contributed by atoms with E-state index in [-0.39, 0.29) is 18.2 Å². The van der Waals surface area contributed by atoms with Crippen LogP contribution in [0.1, 0.15) is 59.9 Å². The van der Waals surface area contributed by atoms with Crippen LogP contribution in [-0.2, 0) is 15.2 Å². The third-order valence-corrected chi connectivity index (χ3v) is 6.73. The molecule has 1 aliphatic rings. The molecule has 1 aromatic carbocycles. The zero-order chi connectivity index (χ0) is 22.9. The second-order valence-electron chi connectivity index (χ2n) is 9.58. The highest BCUT2D eigenvalue weighted by molar-refractivity contribution is 6.30. The number of amides is 2. The number of hydrogen-bond acceptors (Lipinski definition) is 4. The fraction of sp³-hybridized carbons (Fsp3) is 0.652. The monoisotopic (exact) mass is 438 g/mol. The molecular formula is C23H35ClN2O4. The molecule has 1 aromatic rings. The van der Waals surface area contributed by atoms with Crippen molar-refractivity contribution in [2.75, 3.05) is 13.1 Å². The number of piperidine rings is 1. The van der Waals surface area contributed by atoms with Gasteiger partial charge in [-0.15, -0.1) is 0 Å². The SMILES string of the molecule is CCC(C)(O)C(=O)N[C@@H](C(=O)N1CC[C@](O)(c2ccc(Cl)cc2)C(C)(C)C1)C(C)C. The normalized spacial score (nSPS) is 24.3. The van der Waals surface area contributed by atoms with E-state index in [0.717, 1.165) is 5.56 Å². The van der Waals surface area contributed by atoms with Gasteiger partial charge in [0.25, 0.3) is 5.91 Å². The number of hydrogen-bond donors (Lipinski definition) is 3. The minimum Gasteiger partial charge on any atom is -0.384 e. The quantitative estimate of drug-likeness (QED) is 0.636. The summed E-state index contributed by atoms with van der Waals surface area (Å²) in [7, 11) is 0. The summed E-state index contributed by atoms with van der Waals surface area (Å²) in [5, 5.41) is 25.1. The van der Waals surface area contributed by atoms with Crippen molar-refractivity contribution >= 4 is 23.4 Å². The summed E-state index contributed by atoms with van der Waals surface area (Å²) >= 11 is 5.99. The van der Waals surface area contributed by atoms with Crippen molar-refractivity contribution in [3.8, 4) is 0 Å². The van der Waals surface area contributed by atoms with Crippen molar-refractivity contribution < 1.29 is 19.8 Å². The first-order chi connectivity index (χ1) is 13.7. The molecule has 3 atom stereocenters. The summed E-state index contributed by atoms with van der Waals surface area (Å²) in [4.78, 5) is 27.5. The number of benzene rings is 1. The molecule has 2 rings (SSSR count). The molecule has 0 spiro atoms. The molecule has 7 heteroatoms. The topological polar surface area (TPSA) is 89.9 Å². The molecule has 1 aliphatic heterocycles. The number of nitrogens with zero attached hydrogens (tertiary/aromatic N) is 1. The number of aliphatic hydroxyl groups is 2. The summed E-state index contributed by atoms with van der Waals surface area (Å²) < 4.78 is 0. The second-order valence-corrected chi connectivity index (χ2v) is 10.0. The van der Waals surface area contributed by atoms with E-state index in [0.29, 0.717) is 24.5 Å². The molecule has 0 radical (unpaired) electrons. The van der Waals surface area contributed by atoms with Crippen molar-refractivity contribution in [2.24, 2.45) is 11.3 Å². The number of rotatable bonds is 6. The van der Waals surface area contributed by atoms with Crippen molar-refractivity contribution in [1.82, 2.24) is 10.2 Å². The van der Waals surface area contributed by atoms with Crippen LogP contribution in [0.3, 0.4) is 0 Å². The summed E-state index contributed by atoms with van der Waals surface area (Å²) in [5.41, 5.74) is -2.47. The highest BCUT2D eigenvalue weighted by Gasteiger charge is 2.50. The van der Waals surface area contributed by atoms with Crippen LogP contribution < -0.4 is 5.32 Å². The van der Waals surface area contributed by atoms with E-state index in [1.54, 1.807) is 24.0 Å². The van der Waals surface area contributed by atoms with Crippen LogP contribution in [0, 0.1) is 11.3 Å². The van der Waals surface area contributed by atoms with E-state index in [1.807, 2.05) is 39.8 Å². The standard InChI is InChI=1S/C23H35ClN2O4/c1-7-22(6,29)20(28)25-18(15(2)3)19(27)26-13-12-23(30,21(4,5)14-26)16-8-10-17(24)11-9-16/h8-11,15,18,29-30H,7,12-14H2,1-6H3,(H,25,28)/t18-,22?,23+/m1/s1. The fourth-order valence-corrected chi connectivity index (χ4v) is 4.06. The third-order valence-electron chi connectivity index (χ3n) is 6.48. The smallest absolute Gasteiger partial charge is 0.252 e. The van der Waals surface area contributed by atoms with Crippen LogP contribution in [0.2, 0.25) is 5.02 Å². The molecule has 30 heavy (non-hydrogen) atoms. The molecule has 0 saturated carbocycles. The molecular weight excluding hydrogens is 404 g/mol. The molecule has 1 heterocycles. The maximum atomic E-state index is 13.3. The summed E-state index contributed by atoms with van der Waals surface area (Å²) in [6.45, 7) is 11.5. The predicted octanol–water partition coefficient (Wildman–Crippen LogP) is 3.09. The Morgan fingerprint density at radius 3 is 2.30 bits per heavy atom. The lowest BCUT2D eigenvalue weighted by atomic mass is 9.66. The number of carbonyl (C=O) groups is 2. The largest absolute Gasteiger partial charge is 0.384 e. The van der Waals surface area contributed by atoms with Crippen molar-refractivity contribution in [3.05, 3.63) is 34.9 Å². The van der Waals surface area contributed by atoms with E-state index in [1.165, 1.54) is 6.92 Å². The van der Waals surface area contributed by atoms with Gasteiger partial charge in [0.05, 0.1) is 5.60 Å². The fourth-order valence-electron chi connectivity index (χ4n) is 3.94. The van der Waals surface area contributed by atoms with Crippen LogP contribution in [0.25, 0.3) is 0 Å². The minimum atomic E-state index is -1.52.